The van der Waals surface area contributed by atoms with Crippen molar-refractivity contribution in [1.82, 2.24) is 0 Å². The Morgan fingerprint density at radius 3 is 0.682 bits per heavy atom. The Labute approximate surface area is 658 Å². The van der Waals surface area contributed by atoms with Gasteiger partial charge < -0.3 is 34.4 Å². The highest BCUT2D eigenvalue weighted by Gasteiger charge is 2.19. The molecule has 7 nitrogen and oxygen atoms in total. The molecule has 5 N–H and O–H groups in total. The summed E-state index contributed by atoms with van der Waals surface area (Å²) in [6.45, 7) is 9.07. The average molecular weight is 1470 g/mol. The number of fused-ring (bicyclic) bond motifs is 12. The van der Waals surface area contributed by atoms with Gasteiger partial charge in [0.2, 0.25) is 1.43 Å². The standard InChI is InChI=1S/C50H60O4.C50H56O2.CH3BO.CH4/c1-3-5-7-9-11-13-15-17-19-35-21-23-37-27-43(47(51)31-39(37)25-35)45-29-41-34-50(54)46(30-42(41)33-49(45)53)44-28-38-24-22-36(26-40(38)32-48(44)52)20-18-16-14-12-10-8-6-4-2;1-3-5-7-9-11-13-15-17-19-35-21-23-37-27-43-45-29-41-34-50-46(30-42(41)33-49(45)51-47(43)31-39(37)25-35)44-28-38-24-22-36(26-40(38)32-48(44)52-50)20-18-16-14-12-10-8-6-4-2;2-1-3;/h21-34,51-54H,3-20H2,1-2H3;21-34H,3-20H2,1-2H3;3H,1H2;1H4/i;;3D;. The van der Waals surface area contributed by atoms with Crippen molar-refractivity contribution in [2.75, 3.05) is 6.51 Å². The van der Waals surface area contributed by atoms with Gasteiger partial charge >= 0.3 is 0 Å². The Morgan fingerprint density at radius 2 is 0.436 bits per heavy atom. The lowest BCUT2D eigenvalue weighted by atomic mass is 9.93. The number of hydrogen-bond acceptors (Lipinski definition) is 7. The van der Waals surface area contributed by atoms with Crippen molar-refractivity contribution in [3.05, 3.63) is 192 Å². The first-order chi connectivity index (χ1) is 53.9. The zero-order chi connectivity index (χ0) is 76.6. The van der Waals surface area contributed by atoms with Gasteiger partial charge in [-0.3, -0.25) is 0 Å². The number of furan rings is 2. The lowest BCUT2D eigenvalue weighted by Gasteiger charge is -2.14. The predicted octanol–water partition coefficient (Wildman–Crippen LogP) is 30.7. The summed E-state index contributed by atoms with van der Waals surface area (Å²) in [5, 5.41) is 66.0. The number of aliphatic hydroxyl groups excluding tert-OH is 1. The zero-order valence-corrected chi connectivity index (χ0v) is 65.9. The number of hydrogen-bond donors (Lipinski definition) is 5. The molecule has 2 aromatic heterocycles. The van der Waals surface area contributed by atoms with E-state index in [9.17, 15) is 20.4 Å². The van der Waals surface area contributed by atoms with E-state index < -0.39 is 0 Å². The van der Waals surface area contributed by atoms with Crippen LogP contribution in [0, 0.1) is 0 Å². The van der Waals surface area contributed by atoms with Crippen molar-refractivity contribution >= 4 is 116 Å². The molecule has 14 aromatic rings. The van der Waals surface area contributed by atoms with Gasteiger partial charge in [0, 0.05) is 50.3 Å². The van der Waals surface area contributed by atoms with Gasteiger partial charge in [-0.25, -0.2) is 0 Å². The molecule has 0 aliphatic rings. The summed E-state index contributed by atoms with van der Waals surface area (Å²) >= 11 is 0. The van der Waals surface area contributed by atoms with Crippen LogP contribution in [0.25, 0.3) is 131 Å². The third-order valence-corrected chi connectivity index (χ3v) is 23.0. The van der Waals surface area contributed by atoms with Crippen molar-refractivity contribution in [3.8, 4) is 45.3 Å². The molecular weight excluding hydrogens is 1350 g/mol. The van der Waals surface area contributed by atoms with Gasteiger partial charge in [0.15, 0.2) is 0 Å². The van der Waals surface area contributed by atoms with Gasteiger partial charge in [0.05, 0.1) is 0 Å². The first kappa shape index (κ1) is 80.5. The number of rotatable bonds is 39. The van der Waals surface area contributed by atoms with Crippen molar-refractivity contribution in [3.63, 3.8) is 0 Å². The van der Waals surface area contributed by atoms with Crippen LogP contribution in [0.15, 0.2) is 179 Å². The summed E-state index contributed by atoms with van der Waals surface area (Å²) in [4.78, 5) is 0. The maximum atomic E-state index is 11.3. The third kappa shape index (κ3) is 21.4. The topological polar surface area (TPSA) is 127 Å². The number of benzene rings is 12. The van der Waals surface area contributed by atoms with Crippen LogP contribution in [0.2, 0.25) is 0 Å². The van der Waals surface area contributed by atoms with Crippen molar-refractivity contribution in [1.29, 1.82) is 1.43 Å². The molecule has 0 unspecified atom stereocenters. The van der Waals surface area contributed by atoms with Gasteiger partial charge in [-0.05, 0) is 235 Å². The van der Waals surface area contributed by atoms with E-state index in [1.165, 1.54) is 271 Å². The van der Waals surface area contributed by atoms with Crippen LogP contribution in [0.3, 0.4) is 0 Å². The van der Waals surface area contributed by atoms with E-state index in [1.807, 2.05) is 12.1 Å². The fourth-order valence-corrected chi connectivity index (χ4v) is 16.7. The van der Waals surface area contributed by atoms with Crippen molar-refractivity contribution in [2.45, 2.75) is 266 Å². The fourth-order valence-electron chi connectivity index (χ4n) is 16.7. The highest BCUT2D eigenvalue weighted by molar-refractivity contribution is 6.18. The molecule has 14 rings (SSSR count). The molecule has 2 heterocycles. The number of unbranched alkanes of at least 4 members (excludes halogenated alkanes) is 28. The largest absolute Gasteiger partial charge is 0.507 e. The first-order valence-electron chi connectivity index (χ1n) is 42.7. The summed E-state index contributed by atoms with van der Waals surface area (Å²) in [6, 6.07) is 59.4. The SMILES string of the molecule is C.CCCCCCCCCCc1ccc2cc(-c3cc4cc(O)c(-c5cc6ccc(CCCCCCCCCC)cc6cc5O)cc4cc3O)c(O)cc2c1.CCCCCCCCCCc1ccc2cc3c(cc2c1)oc1cc2cc4c(cc2cc13)oc1cc2cc(CCCCCCCCCC)ccc2cc14.[2H]OC[B]. The molecule has 0 saturated heterocycles. The van der Waals surface area contributed by atoms with E-state index in [2.05, 4.69) is 162 Å². The smallest absolute Gasteiger partial charge is 0.209 e. The predicted molar refractivity (Wildman–Crippen MR) is 475 cm³/mol. The minimum atomic E-state index is -0.0139. The number of aryl methyl sites for hydroxylation is 4. The summed E-state index contributed by atoms with van der Waals surface area (Å²) in [5.41, 5.74) is 11.3. The molecule has 0 atom stereocenters. The van der Waals surface area contributed by atoms with Gasteiger partial charge in [-0.15, -0.1) is 0 Å². The van der Waals surface area contributed by atoms with Crippen LogP contribution in [0.5, 0.6) is 23.0 Å². The maximum Gasteiger partial charge on any atom is 0.209 e. The quantitative estimate of drug-likeness (QED) is 0.0192. The van der Waals surface area contributed by atoms with Crippen LogP contribution in [0.1, 0.15) is 263 Å². The van der Waals surface area contributed by atoms with Crippen LogP contribution in [0.4, 0.5) is 0 Å². The molecule has 576 valence electrons. The molecule has 0 aliphatic heterocycles. The number of aliphatic hydroxyl groups is 1. The summed E-state index contributed by atoms with van der Waals surface area (Å²) in [7, 11) is 4.62. The van der Waals surface area contributed by atoms with Crippen LogP contribution >= 0.6 is 0 Å². The van der Waals surface area contributed by atoms with Gasteiger partial charge in [-0.1, -0.05) is 288 Å². The van der Waals surface area contributed by atoms with Crippen molar-refractivity contribution in [2.24, 2.45) is 0 Å². The highest BCUT2D eigenvalue weighted by atomic mass is 16.3. The lowest BCUT2D eigenvalue weighted by molar-refractivity contribution is 0.369. The zero-order valence-electron chi connectivity index (χ0n) is 66.9. The number of phenolic OH excluding ortho intramolecular Hbond substituents is 4. The molecule has 110 heavy (non-hydrogen) atoms. The molecule has 12 aromatic carbocycles. The summed E-state index contributed by atoms with van der Waals surface area (Å²) in [5.74, 6) is 0.271. The van der Waals surface area contributed by atoms with E-state index in [0.717, 1.165) is 91.1 Å². The molecule has 2 radical (unpaired) electrons. The Kier molecular flexibility index (Phi) is 30.3. The lowest BCUT2D eigenvalue weighted by Crippen LogP contribution is -1.89. The minimum absolute atomic E-state index is 0. The Morgan fingerprint density at radius 1 is 0.245 bits per heavy atom. The average Bonchev–Trinajstić information content (AvgIpc) is 1.60. The summed E-state index contributed by atoms with van der Waals surface area (Å²) < 4.78 is 18.9. The highest BCUT2D eigenvalue weighted by Crippen LogP contribution is 2.46. The van der Waals surface area contributed by atoms with E-state index in [-0.39, 0.29) is 36.9 Å². The second kappa shape index (κ2) is 41.3. The Balaban J connectivity index is 0.000000208. The van der Waals surface area contributed by atoms with E-state index in [1.54, 1.807) is 36.4 Å². The number of aromatic hydroxyl groups is 4. The van der Waals surface area contributed by atoms with Crippen LogP contribution < -0.4 is 0 Å². The van der Waals surface area contributed by atoms with E-state index >= 15 is 0 Å². The van der Waals surface area contributed by atoms with Gasteiger partial charge in [0.25, 0.3) is 0 Å². The minimum Gasteiger partial charge on any atom is -0.507 e. The maximum absolute atomic E-state index is 11.3. The van der Waals surface area contributed by atoms with Crippen molar-refractivity contribution < 1.29 is 34.4 Å². The molecule has 0 spiro atoms. The van der Waals surface area contributed by atoms with E-state index in [4.69, 9.17) is 10.3 Å². The number of phenols is 4. The second-order valence-electron chi connectivity index (χ2n) is 31.6. The molecular formula is C102H123BO7. The third-order valence-electron chi connectivity index (χ3n) is 23.0. The van der Waals surface area contributed by atoms with Crippen LogP contribution in [-0.4, -0.2) is 41.3 Å². The molecule has 0 amide bonds. The van der Waals surface area contributed by atoms with Crippen LogP contribution in [-0.2, 0) is 25.7 Å². The Bertz CT molecular complexity index is 5000. The normalized spacial score (nSPS) is 11.8. The molecule has 0 aliphatic carbocycles. The molecule has 0 fully saturated rings. The molecule has 0 bridgehead atoms. The monoisotopic (exact) mass is 1470 g/mol. The summed E-state index contributed by atoms with van der Waals surface area (Å²) in [6.07, 6.45) is 46.8. The fraction of sp³-hybridized carbons (Fsp3) is 0.412. The van der Waals surface area contributed by atoms with Gasteiger partial charge in [-0.2, -0.15) is 0 Å². The van der Waals surface area contributed by atoms with Gasteiger partial charge in [0.1, 0.15) is 53.2 Å². The second-order valence-corrected chi connectivity index (χ2v) is 31.6. The molecule has 8 heteroatoms. The first-order valence-corrected chi connectivity index (χ1v) is 42.3. The van der Waals surface area contributed by atoms with E-state index in [0.29, 0.717) is 22.3 Å². The molecule has 0 saturated carbocycles. The Hall–Kier alpha value is -8.98.